The van der Waals surface area contributed by atoms with Crippen molar-refractivity contribution in [2.75, 3.05) is 23.3 Å². The maximum Gasteiger partial charge on any atom is 0.232 e. The number of hydrogen-bond donors (Lipinski definition) is 2. The van der Waals surface area contributed by atoms with Crippen LogP contribution in [0, 0.1) is 0 Å². The van der Waals surface area contributed by atoms with Gasteiger partial charge in [-0.2, -0.15) is 0 Å². The molecule has 6 heteroatoms. The molecule has 0 spiro atoms. The van der Waals surface area contributed by atoms with Crippen LogP contribution in [0.3, 0.4) is 0 Å². The van der Waals surface area contributed by atoms with Crippen molar-refractivity contribution in [1.29, 1.82) is 0 Å². The fraction of sp³-hybridized carbons (Fsp3) is 0.400. The van der Waals surface area contributed by atoms with E-state index in [1.165, 1.54) is 0 Å². The second kappa shape index (κ2) is 6.12. The Bertz CT molecular complexity index is 414. The first kappa shape index (κ1) is 13.3. The zero-order valence-electron chi connectivity index (χ0n) is 9.01. The lowest BCUT2D eigenvalue weighted by Crippen LogP contribution is -2.17. The smallest absolute Gasteiger partial charge is 0.232 e. The third kappa shape index (κ3) is 4.42. The summed E-state index contributed by atoms with van der Waals surface area (Å²) in [5.41, 5.74) is 0.552. The third-order valence-corrected chi connectivity index (χ3v) is 4.05. The lowest BCUT2D eigenvalue weighted by atomic mass is 10.3. The molecular formula is C10H15NO3S2. The summed E-state index contributed by atoms with van der Waals surface area (Å²) >= 11 is 1.60. The molecule has 0 unspecified atom stereocenters. The lowest BCUT2D eigenvalue weighted by Gasteiger charge is -2.07. The minimum Gasteiger partial charge on any atom is -0.396 e. The van der Waals surface area contributed by atoms with Gasteiger partial charge in [0.05, 0.1) is 5.75 Å². The summed E-state index contributed by atoms with van der Waals surface area (Å²) in [5.74, 6) is -0.0617. The van der Waals surface area contributed by atoms with Crippen LogP contribution in [-0.2, 0) is 10.0 Å². The number of hydrogen-bond acceptors (Lipinski definition) is 4. The number of aliphatic hydroxyl groups is 1. The fourth-order valence-corrected chi connectivity index (χ4v) is 2.66. The largest absolute Gasteiger partial charge is 0.396 e. The molecule has 0 atom stereocenters. The molecule has 0 radical (unpaired) electrons. The zero-order valence-corrected chi connectivity index (χ0v) is 10.6. The summed E-state index contributed by atoms with van der Waals surface area (Å²) in [6.07, 6.45) is 2.21. The van der Waals surface area contributed by atoms with E-state index in [1.807, 2.05) is 18.4 Å². The standard InChI is InChI=1S/C10H15NO3S2/c1-15-10-5-3-9(4-6-10)11-16(13,14)8-2-7-12/h3-6,11-12H,2,7-8H2,1H3. The molecule has 16 heavy (non-hydrogen) atoms. The molecule has 0 aliphatic rings. The molecule has 0 aliphatic carbocycles. The molecule has 0 fully saturated rings. The molecule has 1 aromatic rings. The SMILES string of the molecule is CSc1ccc(NS(=O)(=O)CCCO)cc1. The Morgan fingerprint density at radius 1 is 1.31 bits per heavy atom. The van der Waals surface area contributed by atoms with Crippen LogP contribution in [0.4, 0.5) is 5.69 Å². The monoisotopic (exact) mass is 261 g/mol. The minimum absolute atomic E-state index is 0.0617. The highest BCUT2D eigenvalue weighted by atomic mass is 32.2. The highest BCUT2D eigenvalue weighted by Crippen LogP contribution is 2.18. The van der Waals surface area contributed by atoms with Crippen LogP contribution in [0.15, 0.2) is 29.2 Å². The minimum atomic E-state index is -3.33. The highest BCUT2D eigenvalue weighted by molar-refractivity contribution is 7.98. The molecule has 0 bridgehead atoms. The molecule has 0 amide bonds. The van der Waals surface area contributed by atoms with Gasteiger partial charge in [-0.15, -0.1) is 11.8 Å². The number of sulfonamides is 1. The molecular weight excluding hydrogens is 246 g/mol. The van der Waals surface area contributed by atoms with Crippen LogP contribution >= 0.6 is 11.8 Å². The van der Waals surface area contributed by atoms with Gasteiger partial charge in [0.1, 0.15) is 0 Å². The summed E-state index contributed by atoms with van der Waals surface area (Å²) in [6.45, 7) is -0.119. The van der Waals surface area contributed by atoms with Gasteiger partial charge in [-0.05, 0) is 36.9 Å². The average Bonchev–Trinajstić information content (AvgIpc) is 2.27. The summed E-state index contributed by atoms with van der Waals surface area (Å²) in [5, 5.41) is 8.57. The number of anilines is 1. The molecule has 0 saturated carbocycles. The van der Waals surface area contributed by atoms with Crippen LogP contribution < -0.4 is 4.72 Å². The summed E-state index contributed by atoms with van der Waals surface area (Å²) in [6, 6.07) is 7.16. The van der Waals surface area contributed by atoms with Crippen molar-refractivity contribution in [2.45, 2.75) is 11.3 Å². The average molecular weight is 261 g/mol. The predicted octanol–water partition coefficient (Wildman–Crippen LogP) is 1.53. The number of aliphatic hydroxyl groups excluding tert-OH is 1. The second-order valence-electron chi connectivity index (χ2n) is 3.23. The third-order valence-electron chi connectivity index (χ3n) is 1.93. The molecule has 90 valence electrons. The second-order valence-corrected chi connectivity index (χ2v) is 5.95. The molecule has 0 aliphatic heterocycles. The van der Waals surface area contributed by atoms with E-state index in [4.69, 9.17) is 5.11 Å². The van der Waals surface area contributed by atoms with E-state index in [2.05, 4.69) is 4.72 Å². The number of nitrogens with one attached hydrogen (secondary N) is 1. The van der Waals surface area contributed by atoms with Crippen LogP contribution in [0.2, 0.25) is 0 Å². The lowest BCUT2D eigenvalue weighted by molar-refractivity contribution is 0.295. The van der Waals surface area contributed by atoms with Crippen molar-refractivity contribution in [3.63, 3.8) is 0 Å². The van der Waals surface area contributed by atoms with E-state index in [9.17, 15) is 8.42 Å². The first-order chi connectivity index (χ1) is 7.57. The van der Waals surface area contributed by atoms with Crippen LogP contribution in [0.25, 0.3) is 0 Å². The van der Waals surface area contributed by atoms with Crippen molar-refractivity contribution in [2.24, 2.45) is 0 Å². The number of benzene rings is 1. The van der Waals surface area contributed by atoms with Gasteiger partial charge in [0, 0.05) is 17.2 Å². The van der Waals surface area contributed by atoms with Gasteiger partial charge < -0.3 is 5.11 Å². The molecule has 0 heterocycles. The Kier molecular flexibility index (Phi) is 5.11. The predicted molar refractivity (Wildman–Crippen MR) is 67.3 cm³/mol. The van der Waals surface area contributed by atoms with Gasteiger partial charge in [0.2, 0.25) is 10.0 Å². The topological polar surface area (TPSA) is 66.4 Å². The molecule has 0 aromatic heterocycles. The van der Waals surface area contributed by atoms with Crippen molar-refractivity contribution in [3.8, 4) is 0 Å². The van der Waals surface area contributed by atoms with E-state index in [-0.39, 0.29) is 18.8 Å². The van der Waals surface area contributed by atoms with Gasteiger partial charge in [-0.1, -0.05) is 0 Å². The molecule has 1 rings (SSSR count). The van der Waals surface area contributed by atoms with Crippen LogP contribution in [0.5, 0.6) is 0 Å². The summed E-state index contributed by atoms with van der Waals surface area (Å²) < 4.78 is 25.4. The molecule has 4 nitrogen and oxygen atoms in total. The Balaban J connectivity index is 2.65. The maximum absolute atomic E-state index is 11.5. The summed E-state index contributed by atoms with van der Waals surface area (Å²) in [4.78, 5) is 1.08. The van der Waals surface area contributed by atoms with E-state index >= 15 is 0 Å². The van der Waals surface area contributed by atoms with Gasteiger partial charge in [-0.3, -0.25) is 4.72 Å². The first-order valence-corrected chi connectivity index (χ1v) is 7.70. The highest BCUT2D eigenvalue weighted by Gasteiger charge is 2.09. The van der Waals surface area contributed by atoms with Crippen molar-refractivity contribution < 1.29 is 13.5 Å². The van der Waals surface area contributed by atoms with Crippen molar-refractivity contribution in [1.82, 2.24) is 0 Å². The van der Waals surface area contributed by atoms with E-state index in [1.54, 1.807) is 23.9 Å². The van der Waals surface area contributed by atoms with Gasteiger partial charge in [0.25, 0.3) is 0 Å². The Morgan fingerprint density at radius 2 is 1.94 bits per heavy atom. The van der Waals surface area contributed by atoms with Gasteiger partial charge in [0.15, 0.2) is 0 Å². The number of rotatable bonds is 6. The van der Waals surface area contributed by atoms with E-state index < -0.39 is 10.0 Å². The maximum atomic E-state index is 11.5. The van der Waals surface area contributed by atoms with Crippen LogP contribution in [-0.4, -0.2) is 32.1 Å². The van der Waals surface area contributed by atoms with Crippen LogP contribution in [0.1, 0.15) is 6.42 Å². The molecule has 1 aromatic carbocycles. The Hall–Kier alpha value is -0.720. The zero-order chi connectivity index (χ0) is 12.0. The number of thioether (sulfide) groups is 1. The Labute approximate surface area is 100 Å². The van der Waals surface area contributed by atoms with Gasteiger partial charge >= 0.3 is 0 Å². The normalized spacial score (nSPS) is 11.4. The van der Waals surface area contributed by atoms with E-state index in [0.717, 1.165) is 4.90 Å². The van der Waals surface area contributed by atoms with E-state index in [0.29, 0.717) is 5.69 Å². The molecule has 2 N–H and O–H groups in total. The first-order valence-electron chi connectivity index (χ1n) is 4.83. The summed E-state index contributed by atoms with van der Waals surface area (Å²) in [7, 11) is -3.33. The van der Waals surface area contributed by atoms with Gasteiger partial charge in [-0.25, -0.2) is 8.42 Å². The Morgan fingerprint density at radius 3 is 2.44 bits per heavy atom. The quantitative estimate of drug-likeness (QED) is 0.762. The van der Waals surface area contributed by atoms with Crippen molar-refractivity contribution in [3.05, 3.63) is 24.3 Å². The fourth-order valence-electron chi connectivity index (χ4n) is 1.14. The van der Waals surface area contributed by atoms with Crippen molar-refractivity contribution >= 4 is 27.5 Å². The molecule has 0 saturated heterocycles.